The van der Waals surface area contributed by atoms with Gasteiger partial charge in [0, 0.05) is 31.3 Å². The van der Waals surface area contributed by atoms with E-state index in [0.29, 0.717) is 0 Å². The molecule has 0 bridgehead atoms. The van der Waals surface area contributed by atoms with Gasteiger partial charge in [-0.15, -0.1) is 11.3 Å². The summed E-state index contributed by atoms with van der Waals surface area (Å²) in [5, 5.41) is 6.24. The lowest BCUT2D eigenvalue weighted by Gasteiger charge is -2.24. The first-order valence-corrected chi connectivity index (χ1v) is 17.3. The van der Waals surface area contributed by atoms with Gasteiger partial charge in [0.1, 0.15) is 12.0 Å². The third-order valence-electron chi connectivity index (χ3n) is 9.10. The molecule has 8 aromatic rings. The SMILES string of the molecule is c1ccc(C2=NC(c3ccccc3)NC(c3cc(-c4cc(-c5ccccc5)cc(-c5ccccc5)c4)c4c(c3)sc3ccccc34)=N2)cc1. The van der Waals surface area contributed by atoms with Crippen LogP contribution in [-0.2, 0) is 0 Å². The number of rotatable bonds is 6. The van der Waals surface area contributed by atoms with Gasteiger partial charge in [0.15, 0.2) is 5.84 Å². The van der Waals surface area contributed by atoms with Crippen LogP contribution in [0, 0.1) is 0 Å². The molecule has 1 aromatic heterocycles. The van der Waals surface area contributed by atoms with Crippen molar-refractivity contribution in [2.75, 3.05) is 0 Å². The topological polar surface area (TPSA) is 36.8 Å². The van der Waals surface area contributed by atoms with E-state index in [4.69, 9.17) is 9.98 Å². The lowest BCUT2D eigenvalue weighted by Crippen LogP contribution is -2.33. The van der Waals surface area contributed by atoms with Crippen LogP contribution in [0.15, 0.2) is 186 Å². The predicted octanol–water partition coefficient (Wildman–Crippen LogP) is 11.6. The van der Waals surface area contributed by atoms with Crippen molar-refractivity contribution in [3.63, 3.8) is 0 Å². The van der Waals surface area contributed by atoms with Crippen molar-refractivity contribution in [3.8, 4) is 33.4 Å². The van der Waals surface area contributed by atoms with Gasteiger partial charge in [-0.1, -0.05) is 140 Å². The maximum Gasteiger partial charge on any atom is 0.159 e. The summed E-state index contributed by atoms with van der Waals surface area (Å²) in [7, 11) is 0. The minimum absolute atomic E-state index is 0.267. The summed E-state index contributed by atoms with van der Waals surface area (Å²) >= 11 is 1.83. The summed E-state index contributed by atoms with van der Waals surface area (Å²) in [4.78, 5) is 10.3. The Morgan fingerprint density at radius 2 is 1.00 bits per heavy atom. The number of fused-ring (bicyclic) bond motifs is 3. The highest BCUT2D eigenvalue weighted by Crippen LogP contribution is 2.43. The summed E-state index contributed by atoms with van der Waals surface area (Å²) in [6.07, 6.45) is -0.267. The van der Waals surface area contributed by atoms with Crippen molar-refractivity contribution in [2.24, 2.45) is 9.98 Å². The minimum Gasteiger partial charge on any atom is -0.344 e. The molecule has 9 rings (SSSR count). The number of hydrogen-bond acceptors (Lipinski definition) is 4. The van der Waals surface area contributed by atoms with Crippen molar-refractivity contribution in [2.45, 2.75) is 6.17 Å². The summed E-state index contributed by atoms with van der Waals surface area (Å²) < 4.78 is 2.50. The number of aliphatic imine (C=N–C) groups is 2. The van der Waals surface area contributed by atoms with E-state index in [2.05, 4.69) is 157 Å². The molecule has 1 atom stereocenters. The first-order chi connectivity index (χ1) is 24.3. The van der Waals surface area contributed by atoms with Crippen LogP contribution < -0.4 is 5.32 Å². The lowest BCUT2D eigenvalue weighted by atomic mass is 9.90. The molecule has 0 spiro atoms. The molecule has 4 heteroatoms. The van der Waals surface area contributed by atoms with Gasteiger partial charge < -0.3 is 5.32 Å². The Hall–Kier alpha value is -6.10. The van der Waals surface area contributed by atoms with Crippen molar-refractivity contribution in [1.29, 1.82) is 0 Å². The van der Waals surface area contributed by atoms with Crippen LogP contribution in [0.25, 0.3) is 53.6 Å². The molecular formula is C45H31N3S. The number of hydrogen-bond donors (Lipinski definition) is 1. The van der Waals surface area contributed by atoms with Crippen molar-refractivity contribution < 1.29 is 0 Å². The Kier molecular flexibility index (Phi) is 7.41. The second-order valence-corrected chi connectivity index (χ2v) is 13.3. The maximum atomic E-state index is 5.18. The average molecular weight is 646 g/mol. The quantitative estimate of drug-likeness (QED) is 0.192. The highest BCUT2D eigenvalue weighted by molar-refractivity contribution is 7.26. The molecule has 0 fully saturated rings. The molecule has 49 heavy (non-hydrogen) atoms. The smallest absolute Gasteiger partial charge is 0.159 e. The molecule has 1 unspecified atom stereocenters. The minimum atomic E-state index is -0.267. The zero-order chi connectivity index (χ0) is 32.6. The van der Waals surface area contributed by atoms with Crippen LogP contribution in [0.2, 0.25) is 0 Å². The second-order valence-electron chi connectivity index (χ2n) is 12.3. The molecule has 7 aromatic carbocycles. The summed E-state index contributed by atoms with van der Waals surface area (Å²) in [6.45, 7) is 0. The average Bonchev–Trinajstić information content (AvgIpc) is 3.57. The first kappa shape index (κ1) is 29.1. The normalized spacial score (nSPS) is 14.3. The molecule has 1 aliphatic heterocycles. The molecule has 0 saturated heterocycles. The van der Waals surface area contributed by atoms with E-state index in [-0.39, 0.29) is 6.17 Å². The molecule has 0 amide bonds. The third kappa shape index (κ3) is 5.62. The standard InChI is InChI=1S/C45H31N3S/c1-5-15-30(16-6-1)34-25-35(31-17-7-2-8-18-31)27-36(26-34)39-28-37(29-41-42(39)38-23-13-14-24-40(38)49-41)45-47-43(32-19-9-3-10-20-32)46-44(48-45)33-21-11-4-12-22-33/h1-29,43H,(H,46,47,48). The van der Waals surface area contributed by atoms with Crippen LogP contribution >= 0.6 is 11.3 Å². The molecule has 3 nitrogen and oxygen atoms in total. The van der Waals surface area contributed by atoms with Crippen LogP contribution in [0.3, 0.4) is 0 Å². The third-order valence-corrected chi connectivity index (χ3v) is 10.2. The number of benzene rings is 7. The van der Waals surface area contributed by atoms with Gasteiger partial charge in [-0.25, -0.2) is 9.98 Å². The molecule has 0 radical (unpaired) electrons. The lowest BCUT2D eigenvalue weighted by molar-refractivity contribution is 0.674. The summed E-state index contributed by atoms with van der Waals surface area (Å²) in [5.41, 5.74) is 10.2. The molecule has 0 saturated carbocycles. The van der Waals surface area contributed by atoms with E-state index in [0.717, 1.165) is 28.4 Å². The Labute approximate surface area is 289 Å². The van der Waals surface area contributed by atoms with E-state index < -0.39 is 0 Å². The van der Waals surface area contributed by atoms with E-state index >= 15 is 0 Å². The highest BCUT2D eigenvalue weighted by atomic mass is 32.1. The molecule has 1 N–H and O–H groups in total. The van der Waals surface area contributed by atoms with E-state index in [1.54, 1.807) is 0 Å². The fourth-order valence-corrected chi connectivity index (χ4v) is 7.89. The van der Waals surface area contributed by atoms with E-state index in [9.17, 15) is 0 Å². The van der Waals surface area contributed by atoms with Gasteiger partial charge in [0.25, 0.3) is 0 Å². The fourth-order valence-electron chi connectivity index (χ4n) is 6.71. The molecule has 0 aliphatic carbocycles. The van der Waals surface area contributed by atoms with E-state index in [1.165, 1.54) is 53.6 Å². The zero-order valence-electron chi connectivity index (χ0n) is 26.6. The fraction of sp³-hybridized carbons (Fsp3) is 0.0222. The number of nitrogens with zero attached hydrogens (tertiary/aromatic N) is 2. The summed E-state index contributed by atoms with van der Waals surface area (Å²) in [5.74, 6) is 1.53. The van der Waals surface area contributed by atoms with Crippen molar-refractivity contribution >= 4 is 43.2 Å². The predicted molar refractivity (Wildman–Crippen MR) is 207 cm³/mol. The first-order valence-electron chi connectivity index (χ1n) is 16.5. The van der Waals surface area contributed by atoms with Gasteiger partial charge in [-0.05, 0) is 75.3 Å². The van der Waals surface area contributed by atoms with Crippen LogP contribution in [0.5, 0.6) is 0 Å². The molecule has 232 valence electrons. The van der Waals surface area contributed by atoms with Gasteiger partial charge in [0.2, 0.25) is 0 Å². The number of nitrogens with one attached hydrogen (secondary N) is 1. The molecule has 1 aliphatic rings. The maximum absolute atomic E-state index is 5.18. The molecular weight excluding hydrogens is 615 g/mol. The van der Waals surface area contributed by atoms with Crippen molar-refractivity contribution in [3.05, 3.63) is 193 Å². The van der Waals surface area contributed by atoms with Gasteiger partial charge in [0.05, 0.1) is 0 Å². The van der Waals surface area contributed by atoms with Crippen molar-refractivity contribution in [1.82, 2.24) is 5.32 Å². The Balaban J connectivity index is 1.29. The Morgan fingerprint density at radius 3 is 1.65 bits per heavy atom. The van der Waals surface area contributed by atoms with Crippen LogP contribution in [0.4, 0.5) is 0 Å². The largest absolute Gasteiger partial charge is 0.344 e. The number of thiophene rings is 1. The second kappa shape index (κ2) is 12.5. The van der Waals surface area contributed by atoms with Gasteiger partial charge in [-0.3, -0.25) is 0 Å². The molecule has 2 heterocycles. The van der Waals surface area contributed by atoms with Gasteiger partial charge in [-0.2, -0.15) is 0 Å². The number of amidine groups is 2. The zero-order valence-corrected chi connectivity index (χ0v) is 27.4. The summed E-state index contributed by atoms with van der Waals surface area (Å²) in [6, 6.07) is 62.3. The van der Waals surface area contributed by atoms with E-state index in [1.807, 2.05) is 35.6 Å². The Morgan fingerprint density at radius 1 is 0.449 bits per heavy atom. The van der Waals surface area contributed by atoms with Crippen LogP contribution in [0.1, 0.15) is 22.9 Å². The highest BCUT2D eigenvalue weighted by Gasteiger charge is 2.23. The van der Waals surface area contributed by atoms with Crippen LogP contribution in [-0.4, -0.2) is 11.7 Å². The Bertz CT molecular complexity index is 2440. The monoisotopic (exact) mass is 645 g/mol. The van der Waals surface area contributed by atoms with Gasteiger partial charge >= 0.3 is 0 Å².